The average molecular weight is 385 g/mol. The van der Waals surface area contributed by atoms with E-state index in [-0.39, 0.29) is 11.8 Å². The van der Waals surface area contributed by atoms with E-state index in [0.717, 1.165) is 24.8 Å². The molecule has 1 fully saturated rings. The molecular formula is C19H29FN2O3S. The van der Waals surface area contributed by atoms with Gasteiger partial charge >= 0.3 is 0 Å². The van der Waals surface area contributed by atoms with Crippen molar-refractivity contribution in [2.75, 3.05) is 6.54 Å². The van der Waals surface area contributed by atoms with Gasteiger partial charge in [0.15, 0.2) is 0 Å². The largest absolute Gasteiger partial charge is 0.355 e. The summed E-state index contributed by atoms with van der Waals surface area (Å²) in [4.78, 5) is 12.0. The maximum absolute atomic E-state index is 13.8. The van der Waals surface area contributed by atoms with Crippen molar-refractivity contribution in [1.29, 1.82) is 0 Å². The van der Waals surface area contributed by atoms with Gasteiger partial charge in [-0.15, -0.1) is 0 Å². The highest BCUT2D eigenvalue weighted by molar-refractivity contribution is 7.89. The van der Waals surface area contributed by atoms with Crippen molar-refractivity contribution < 1.29 is 17.6 Å². The third-order valence-electron chi connectivity index (χ3n) is 4.92. The van der Waals surface area contributed by atoms with Gasteiger partial charge in [-0.25, -0.2) is 12.8 Å². The lowest BCUT2D eigenvalue weighted by atomic mass is 10.0. The SMILES string of the molecule is CC(C)[C@H](NS(=O)(=O)c1ccccc1F)C(=O)NCCCC1CCCC1. The molecular weight excluding hydrogens is 355 g/mol. The number of nitrogens with one attached hydrogen (secondary N) is 2. The number of carbonyl (C=O) groups excluding carboxylic acids is 1. The zero-order chi connectivity index (χ0) is 19.2. The summed E-state index contributed by atoms with van der Waals surface area (Å²) in [6.45, 7) is 4.04. The topological polar surface area (TPSA) is 75.3 Å². The molecule has 1 saturated carbocycles. The Balaban J connectivity index is 1.92. The summed E-state index contributed by atoms with van der Waals surface area (Å²) in [5.41, 5.74) is 0. The van der Waals surface area contributed by atoms with Gasteiger partial charge in [-0.3, -0.25) is 4.79 Å². The molecule has 1 aromatic carbocycles. The van der Waals surface area contributed by atoms with Crippen LogP contribution in [-0.2, 0) is 14.8 Å². The molecule has 0 radical (unpaired) electrons. The Hall–Kier alpha value is -1.47. The molecule has 1 amide bonds. The van der Waals surface area contributed by atoms with Gasteiger partial charge in [-0.2, -0.15) is 4.72 Å². The molecule has 1 aliphatic carbocycles. The number of carbonyl (C=O) groups is 1. The van der Waals surface area contributed by atoms with Crippen LogP contribution in [0.1, 0.15) is 52.4 Å². The van der Waals surface area contributed by atoms with Crippen LogP contribution in [0.4, 0.5) is 4.39 Å². The summed E-state index contributed by atoms with van der Waals surface area (Å²) in [7, 11) is -4.11. The molecule has 0 spiro atoms. The van der Waals surface area contributed by atoms with Crippen LogP contribution in [0.3, 0.4) is 0 Å². The predicted molar refractivity (Wildman–Crippen MR) is 99.5 cm³/mol. The van der Waals surface area contributed by atoms with Gasteiger partial charge in [-0.05, 0) is 36.8 Å². The van der Waals surface area contributed by atoms with E-state index in [0.29, 0.717) is 6.54 Å². The van der Waals surface area contributed by atoms with Crippen LogP contribution in [0.5, 0.6) is 0 Å². The van der Waals surface area contributed by atoms with E-state index in [1.165, 1.54) is 43.9 Å². The second kappa shape index (κ2) is 9.46. The number of hydrogen-bond acceptors (Lipinski definition) is 3. The van der Waals surface area contributed by atoms with Crippen molar-refractivity contribution in [3.63, 3.8) is 0 Å². The summed E-state index contributed by atoms with van der Waals surface area (Å²) in [6, 6.07) is 4.21. The Morgan fingerprint density at radius 1 is 1.23 bits per heavy atom. The summed E-state index contributed by atoms with van der Waals surface area (Å²) in [5.74, 6) is -0.704. The first-order valence-corrected chi connectivity index (χ1v) is 10.8. The smallest absolute Gasteiger partial charge is 0.244 e. The number of hydrogen-bond donors (Lipinski definition) is 2. The Morgan fingerprint density at radius 3 is 2.50 bits per heavy atom. The molecule has 0 aromatic heterocycles. The molecule has 0 unspecified atom stereocenters. The van der Waals surface area contributed by atoms with E-state index in [2.05, 4.69) is 10.0 Å². The van der Waals surface area contributed by atoms with Crippen LogP contribution in [0, 0.1) is 17.7 Å². The first-order valence-electron chi connectivity index (χ1n) is 9.36. The highest BCUT2D eigenvalue weighted by atomic mass is 32.2. The Labute approximate surface area is 155 Å². The highest BCUT2D eigenvalue weighted by Crippen LogP contribution is 2.28. The number of halogens is 1. The Bertz CT molecular complexity index is 700. The minimum Gasteiger partial charge on any atom is -0.355 e. The van der Waals surface area contributed by atoms with Gasteiger partial charge in [0, 0.05) is 6.54 Å². The molecule has 7 heteroatoms. The molecule has 2 N–H and O–H groups in total. The van der Waals surface area contributed by atoms with E-state index in [9.17, 15) is 17.6 Å². The van der Waals surface area contributed by atoms with E-state index >= 15 is 0 Å². The van der Waals surface area contributed by atoms with Gasteiger partial charge in [0.25, 0.3) is 0 Å². The third kappa shape index (κ3) is 5.77. The second-order valence-corrected chi connectivity index (χ2v) is 9.04. The van der Waals surface area contributed by atoms with Crippen molar-refractivity contribution in [2.24, 2.45) is 11.8 Å². The van der Waals surface area contributed by atoms with Crippen LogP contribution in [0.15, 0.2) is 29.2 Å². The molecule has 0 saturated heterocycles. The molecule has 1 atom stereocenters. The molecule has 1 aromatic rings. The summed E-state index contributed by atoms with van der Waals surface area (Å²) in [6.07, 6.45) is 7.11. The first kappa shape index (κ1) is 20.8. The zero-order valence-corrected chi connectivity index (χ0v) is 16.3. The van der Waals surface area contributed by atoms with Crippen LogP contribution in [0.2, 0.25) is 0 Å². The van der Waals surface area contributed by atoms with E-state index < -0.39 is 26.8 Å². The summed E-state index contributed by atoms with van der Waals surface area (Å²) < 4.78 is 41.1. The van der Waals surface area contributed by atoms with Gasteiger partial charge < -0.3 is 5.32 Å². The van der Waals surface area contributed by atoms with E-state index in [1.807, 2.05) is 0 Å². The monoisotopic (exact) mass is 384 g/mol. The van der Waals surface area contributed by atoms with Gasteiger partial charge in [0.2, 0.25) is 15.9 Å². The summed E-state index contributed by atoms with van der Waals surface area (Å²) in [5, 5.41) is 2.82. The molecule has 0 aliphatic heterocycles. The molecule has 0 bridgehead atoms. The number of benzene rings is 1. The van der Waals surface area contributed by atoms with Crippen molar-refractivity contribution >= 4 is 15.9 Å². The van der Waals surface area contributed by atoms with E-state index in [1.54, 1.807) is 13.8 Å². The quantitative estimate of drug-likeness (QED) is 0.642. The average Bonchev–Trinajstić information content (AvgIpc) is 3.10. The minimum absolute atomic E-state index is 0.258. The van der Waals surface area contributed by atoms with Gasteiger partial charge in [-0.1, -0.05) is 51.7 Å². The lowest BCUT2D eigenvalue weighted by molar-refractivity contribution is -0.123. The van der Waals surface area contributed by atoms with Crippen LogP contribution >= 0.6 is 0 Å². The maximum atomic E-state index is 13.8. The molecule has 26 heavy (non-hydrogen) atoms. The van der Waals surface area contributed by atoms with Crippen LogP contribution in [-0.4, -0.2) is 26.9 Å². The number of rotatable bonds is 9. The standard InChI is InChI=1S/C19H29FN2O3S/c1-14(2)18(19(23)21-13-7-10-15-8-3-4-9-15)22-26(24,25)17-12-6-5-11-16(17)20/h5-6,11-12,14-15,18,22H,3-4,7-10,13H2,1-2H3,(H,21,23)/t18-/m0/s1. The fraction of sp³-hybridized carbons (Fsp3) is 0.632. The third-order valence-corrected chi connectivity index (χ3v) is 6.39. The lowest BCUT2D eigenvalue weighted by Gasteiger charge is -2.22. The molecule has 5 nitrogen and oxygen atoms in total. The minimum atomic E-state index is -4.11. The van der Waals surface area contributed by atoms with Gasteiger partial charge in [0.1, 0.15) is 16.8 Å². The molecule has 0 heterocycles. The zero-order valence-electron chi connectivity index (χ0n) is 15.5. The molecule has 1 aliphatic rings. The Kier molecular flexibility index (Phi) is 7.58. The van der Waals surface area contributed by atoms with Gasteiger partial charge in [0.05, 0.1) is 0 Å². The fourth-order valence-electron chi connectivity index (χ4n) is 3.40. The van der Waals surface area contributed by atoms with Crippen LogP contribution in [0.25, 0.3) is 0 Å². The normalized spacial score (nSPS) is 16.8. The van der Waals surface area contributed by atoms with Crippen molar-refractivity contribution in [1.82, 2.24) is 10.0 Å². The first-order chi connectivity index (χ1) is 12.3. The van der Waals surface area contributed by atoms with E-state index in [4.69, 9.17) is 0 Å². The van der Waals surface area contributed by atoms with Crippen molar-refractivity contribution in [3.8, 4) is 0 Å². The molecule has 146 valence electrons. The second-order valence-electron chi connectivity index (χ2n) is 7.36. The maximum Gasteiger partial charge on any atom is 0.244 e. The van der Waals surface area contributed by atoms with Crippen LogP contribution < -0.4 is 10.0 Å². The summed E-state index contributed by atoms with van der Waals surface area (Å²) >= 11 is 0. The number of amides is 1. The van der Waals surface area contributed by atoms with Crippen molar-refractivity contribution in [3.05, 3.63) is 30.1 Å². The highest BCUT2D eigenvalue weighted by Gasteiger charge is 2.29. The predicted octanol–water partition coefficient (Wildman–Crippen LogP) is 3.22. The lowest BCUT2D eigenvalue weighted by Crippen LogP contribution is -2.49. The fourth-order valence-corrected chi connectivity index (χ4v) is 4.82. The Morgan fingerprint density at radius 2 is 1.88 bits per heavy atom. The number of sulfonamides is 1. The van der Waals surface area contributed by atoms with Crippen molar-refractivity contribution in [2.45, 2.75) is 63.3 Å². The molecule has 2 rings (SSSR count).